The second-order valence-corrected chi connectivity index (χ2v) is 5.79. The summed E-state index contributed by atoms with van der Waals surface area (Å²) < 4.78 is 5.45. The van der Waals surface area contributed by atoms with Crippen molar-refractivity contribution >= 4 is 0 Å². The molecule has 2 N–H and O–H groups in total. The van der Waals surface area contributed by atoms with Gasteiger partial charge in [0.2, 0.25) is 0 Å². The number of hydrogen-bond donors (Lipinski definition) is 1. The highest BCUT2D eigenvalue weighted by molar-refractivity contribution is 5.37. The monoisotopic (exact) mass is 248 g/mol. The highest BCUT2D eigenvalue weighted by Crippen LogP contribution is 2.31. The van der Waals surface area contributed by atoms with Gasteiger partial charge < -0.3 is 10.5 Å². The lowest BCUT2D eigenvalue weighted by Gasteiger charge is -2.34. The number of likely N-dealkylation sites (tertiary alicyclic amines) is 1. The van der Waals surface area contributed by atoms with Gasteiger partial charge in [0, 0.05) is 30.2 Å². The van der Waals surface area contributed by atoms with Crippen molar-refractivity contribution in [2.24, 2.45) is 5.73 Å². The number of benzene rings is 1. The second-order valence-electron chi connectivity index (χ2n) is 5.79. The molecule has 0 saturated carbocycles. The first-order valence-electron chi connectivity index (χ1n) is 6.59. The third kappa shape index (κ3) is 2.38. The summed E-state index contributed by atoms with van der Waals surface area (Å²) in [5.74, 6) is 0.969. The molecule has 1 aromatic carbocycles. The Balaban J connectivity index is 2.22. The van der Waals surface area contributed by atoms with Crippen LogP contribution < -0.4 is 10.5 Å². The number of nitrogens with two attached hydrogens (primary N) is 1. The first-order chi connectivity index (χ1) is 8.45. The molecule has 18 heavy (non-hydrogen) atoms. The van der Waals surface area contributed by atoms with Crippen LogP contribution in [0.25, 0.3) is 0 Å². The minimum atomic E-state index is 0.0642. The normalized spacial score (nSPS) is 23.3. The zero-order chi connectivity index (χ0) is 13.3. The van der Waals surface area contributed by atoms with E-state index < -0.39 is 0 Å². The van der Waals surface area contributed by atoms with Crippen LogP contribution in [0.5, 0.6) is 5.75 Å². The SMILES string of the molecule is COc1ccc(C)cc1CN1CCC(N)C1(C)C. The fraction of sp³-hybridized carbons (Fsp3) is 0.600. The van der Waals surface area contributed by atoms with E-state index >= 15 is 0 Å². The summed E-state index contributed by atoms with van der Waals surface area (Å²) in [5, 5.41) is 0. The first-order valence-corrected chi connectivity index (χ1v) is 6.59. The molecule has 1 aliphatic heterocycles. The van der Waals surface area contributed by atoms with E-state index in [9.17, 15) is 0 Å². The van der Waals surface area contributed by atoms with E-state index in [1.165, 1.54) is 11.1 Å². The number of aryl methyl sites for hydroxylation is 1. The molecule has 0 aromatic heterocycles. The maximum Gasteiger partial charge on any atom is 0.123 e. The van der Waals surface area contributed by atoms with Gasteiger partial charge in [-0.25, -0.2) is 0 Å². The summed E-state index contributed by atoms with van der Waals surface area (Å²) >= 11 is 0. The molecule has 100 valence electrons. The molecule has 1 unspecified atom stereocenters. The third-order valence-electron chi connectivity index (χ3n) is 4.23. The molecule has 1 aliphatic rings. The van der Waals surface area contributed by atoms with Gasteiger partial charge >= 0.3 is 0 Å². The van der Waals surface area contributed by atoms with Crippen LogP contribution in [0.1, 0.15) is 31.4 Å². The molecule has 2 rings (SSSR count). The quantitative estimate of drug-likeness (QED) is 0.892. The predicted octanol–water partition coefficient (Wildman–Crippen LogP) is 2.32. The largest absolute Gasteiger partial charge is 0.496 e. The summed E-state index contributed by atoms with van der Waals surface area (Å²) in [6.07, 6.45) is 1.07. The Morgan fingerprint density at radius 2 is 2.17 bits per heavy atom. The lowest BCUT2D eigenvalue weighted by atomic mass is 9.96. The molecule has 0 bridgehead atoms. The maximum absolute atomic E-state index is 6.18. The van der Waals surface area contributed by atoms with E-state index in [0.717, 1.165) is 25.3 Å². The fourth-order valence-electron chi connectivity index (χ4n) is 2.69. The van der Waals surface area contributed by atoms with Crippen LogP contribution in [0.3, 0.4) is 0 Å². The van der Waals surface area contributed by atoms with Gasteiger partial charge in [-0.05, 0) is 33.3 Å². The van der Waals surface area contributed by atoms with E-state index in [0.29, 0.717) is 0 Å². The van der Waals surface area contributed by atoms with E-state index in [1.807, 2.05) is 6.07 Å². The predicted molar refractivity (Wildman–Crippen MR) is 74.8 cm³/mol. The van der Waals surface area contributed by atoms with Gasteiger partial charge in [0.25, 0.3) is 0 Å². The Kier molecular flexibility index (Phi) is 3.64. The van der Waals surface area contributed by atoms with Gasteiger partial charge in [-0.3, -0.25) is 4.90 Å². The molecular formula is C15H24N2O. The Morgan fingerprint density at radius 3 is 2.72 bits per heavy atom. The number of methoxy groups -OCH3 is 1. The highest BCUT2D eigenvalue weighted by Gasteiger charge is 2.38. The maximum atomic E-state index is 6.18. The molecule has 3 heteroatoms. The van der Waals surface area contributed by atoms with Crippen LogP contribution in [-0.2, 0) is 6.54 Å². The molecule has 1 saturated heterocycles. The van der Waals surface area contributed by atoms with E-state index in [2.05, 4.69) is 37.8 Å². The molecule has 0 radical (unpaired) electrons. The summed E-state index contributed by atoms with van der Waals surface area (Å²) in [6, 6.07) is 6.60. The molecule has 3 nitrogen and oxygen atoms in total. The Hall–Kier alpha value is -1.06. The molecule has 0 amide bonds. The van der Waals surface area contributed by atoms with Gasteiger partial charge in [-0.1, -0.05) is 17.7 Å². The van der Waals surface area contributed by atoms with Gasteiger partial charge in [0.05, 0.1) is 7.11 Å². The van der Waals surface area contributed by atoms with Crippen molar-refractivity contribution in [3.63, 3.8) is 0 Å². The van der Waals surface area contributed by atoms with Crippen molar-refractivity contribution in [1.29, 1.82) is 0 Å². The summed E-state index contributed by atoms with van der Waals surface area (Å²) in [4.78, 5) is 2.45. The number of ether oxygens (including phenoxy) is 1. The Labute approximate surface area is 110 Å². The number of nitrogens with zero attached hydrogens (tertiary/aromatic N) is 1. The minimum absolute atomic E-state index is 0.0642. The molecule has 1 heterocycles. The van der Waals surface area contributed by atoms with Crippen molar-refractivity contribution in [2.45, 2.75) is 45.3 Å². The number of hydrogen-bond acceptors (Lipinski definition) is 3. The molecule has 1 aromatic rings. The van der Waals surface area contributed by atoms with Gasteiger partial charge in [0.1, 0.15) is 5.75 Å². The van der Waals surface area contributed by atoms with E-state index in [4.69, 9.17) is 10.5 Å². The topological polar surface area (TPSA) is 38.5 Å². The zero-order valence-electron chi connectivity index (χ0n) is 11.9. The Morgan fingerprint density at radius 1 is 1.44 bits per heavy atom. The van der Waals surface area contributed by atoms with Crippen LogP contribution >= 0.6 is 0 Å². The average Bonchev–Trinajstić information content (AvgIpc) is 2.56. The summed E-state index contributed by atoms with van der Waals surface area (Å²) in [6.45, 7) is 8.54. The van der Waals surface area contributed by atoms with E-state index in [1.54, 1.807) is 7.11 Å². The summed E-state index contributed by atoms with van der Waals surface area (Å²) in [7, 11) is 1.73. The van der Waals surface area contributed by atoms with Crippen molar-refractivity contribution in [1.82, 2.24) is 4.90 Å². The standard InChI is InChI=1S/C15H24N2O/c1-11-5-6-13(18-4)12(9-11)10-17-8-7-14(16)15(17,2)3/h5-6,9,14H,7-8,10,16H2,1-4H3. The van der Waals surface area contributed by atoms with Crippen LogP contribution in [0, 0.1) is 6.92 Å². The second kappa shape index (κ2) is 4.90. The van der Waals surface area contributed by atoms with Crippen molar-refractivity contribution in [3.8, 4) is 5.75 Å². The van der Waals surface area contributed by atoms with Gasteiger partial charge in [0.15, 0.2) is 0 Å². The van der Waals surface area contributed by atoms with Crippen LogP contribution in [0.4, 0.5) is 0 Å². The van der Waals surface area contributed by atoms with Gasteiger partial charge in [-0.15, -0.1) is 0 Å². The van der Waals surface area contributed by atoms with Crippen LogP contribution in [0.2, 0.25) is 0 Å². The Bertz CT molecular complexity index is 429. The van der Waals surface area contributed by atoms with Gasteiger partial charge in [-0.2, -0.15) is 0 Å². The lowest BCUT2D eigenvalue weighted by molar-refractivity contribution is 0.153. The minimum Gasteiger partial charge on any atom is -0.496 e. The molecular weight excluding hydrogens is 224 g/mol. The first kappa shape index (κ1) is 13.4. The zero-order valence-corrected chi connectivity index (χ0v) is 11.9. The van der Waals surface area contributed by atoms with Crippen molar-refractivity contribution < 1.29 is 4.74 Å². The smallest absolute Gasteiger partial charge is 0.123 e. The lowest BCUT2D eigenvalue weighted by Crippen LogP contribution is -2.48. The van der Waals surface area contributed by atoms with Crippen molar-refractivity contribution in [2.75, 3.05) is 13.7 Å². The molecule has 1 atom stereocenters. The van der Waals surface area contributed by atoms with Crippen LogP contribution in [0.15, 0.2) is 18.2 Å². The number of rotatable bonds is 3. The van der Waals surface area contributed by atoms with E-state index in [-0.39, 0.29) is 11.6 Å². The average molecular weight is 248 g/mol. The molecule has 0 aliphatic carbocycles. The molecule has 1 fully saturated rings. The third-order valence-corrected chi connectivity index (χ3v) is 4.23. The highest BCUT2D eigenvalue weighted by atomic mass is 16.5. The fourth-order valence-corrected chi connectivity index (χ4v) is 2.69. The van der Waals surface area contributed by atoms with Crippen LogP contribution in [-0.4, -0.2) is 30.1 Å². The summed E-state index contributed by atoms with van der Waals surface area (Å²) in [5.41, 5.74) is 8.77. The molecule has 0 spiro atoms. The van der Waals surface area contributed by atoms with Crippen molar-refractivity contribution in [3.05, 3.63) is 29.3 Å².